The van der Waals surface area contributed by atoms with Crippen LogP contribution >= 0.6 is 0 Å². The maximum Gasteiger partial charge on any atom is 0.185 e. The van der Waals surface area contributed by atoms with Crippen molar-refractivity contribution in [1.29, 1.82) is 0 Å². The van der Waals surface area contributed by atoms with Gasteiger partial charge in [0.1, 0.15) is 24.0 Å². The van der Waals surface area contributed by atoms with E-state index in [2.05, 4.69) is 184 Å². The van der Waals surface area contributed by atoms with Gasteiger partial charge in [0.05, 0.1) is 36.5 Å². The molecule has 11 aromatic rings. The smallest absolute Gasteiger partial charge is 0.185 e. The Morgan fingerprint density at radius 3 is 1.59 bits per heavy atom. The number of hydrogen-bond donors (Lipinski definition) is 0. The van der Waals surface area contributed by atoms with Crippen LogP contribution in [-0.2, 0) is 10.8 Å². The summed E-state index contributed by atoms with van der Waals surface area (Å²) >= 11 is 0. The largest absolute Gasteiger partial charge is 0.457 e. The molecule has 5 nitrogen and oxygen atoms in total. The maximum absolute atomic E-state index is 9.35. The molecular weight excluding hydrogens is 1000 g/mol. The van der Waals surface area contributed by atoms with Gasteiger partial charge in [-0.25, -0.2) is 4.98 Å². The first-order chi connectivity index (χ1) is 43.5. The molecule has 0 saturated carbocycles. The molecular formula is C75H64N4OSi. The number of nitrogens with zero attached hydrogens (tertiary/aromatic N) is 4. The Kier molecular flexibility index (Phi) is 9.51. The lowest BCUT2D eigenvalue weighted by Gasteiger charge is -2.43. The molecule has 4 heterocycles. The van der Waals surface area contributed by atoms with Crippen LogP contribution in [-0.4, -0.2) is 19.7 Å². The van der Waals surface area contributed by atoms with Gasteiger partial charge in [0.25, 0.3) is 0 Å². The molecule has 0 N–H and O–H groups in total. The Bertz CT molecular complexity index is 4750. The van der Waals surface area contributed by atoms with Crippen molar-refractivity contribution in [2.45, 2.75) is 59.3 Å². The first-order valence-corrected chi connectivity index (χ1v) is 29.5. The summed E-state index contributed by atoms with van der Waals surface area (Å²) < 4.78 is 95.1. The summed E-state index contributed by atoms with van der Waals surface area (Å²) in [4.78, 5) is 11.7. The van der Waals surface area contributed by atoms with Crippen molar-refractivity contribution < 1.29 is 18.4 Å². The first kappa shape index (κ1) is 40.0. The number of anilines is 7. The van der Waals surface area contributed by atoms with Gasteiger partial charge in [-0.3, -0.25) is 4.90 Å². The summed E-state index contributed by atoms with van der Waals surface area (Å²) in [5.74, 6) is 1.73. The number of fused-ring (bicyclic) bond motifs is 10. The van der Waals surface area contributed by atoms with Crippen LogP contribution in [0.5, 0.6) is 11.5 Å². The average molecular weight is 1080 g/mol. The zero-order chi connectivity index (χ0) is 63.9. The van der Waals surface area contributed by atoms with E-state index in [0.29, 0.717) is 46.4 Å². The molecule has 10 aromatic carbocycles. The third kappa shape index (κ3) is 8.30. The van der Waals surface area contributed by atoms with E-state index in [0.717, 1.165) is 55.9 Å². The van der Waals surface area contributed by atoms with Gasteiger partial charge in [0.2, 0.25) is 0 Å². The number of ether oxygens (including phenoxy) is 1. The molecule has 1 aromatic heterocycles. The van der Waals surface area contributed by atoms with Crippen LogP contribution in [0.1, 0.15) is 71.9 Å². The molecule has 14 rings (SSSR count). The quantitative estimate of drug-likeness (QED) is 0.142. The van der Waals surface area contributed by atoms with Crippen molar-refractivity contribution in [3.05, 3.63) is 265 Å². The molecule has 394 valence electrons. The van der Waals surface area contributed by atoms with Crippen LogP contribution in [0.3, 0.4) is 0 Å². The SMILES string of the molecule is [2H]c1c([2H])c([2H])c(-c2cnc(N3c4ccccc4[Si]4(c5ccccc5-c5ccccc54)c4ccc(Oc5cccc(N6CN(c7c(-c8cc(C(C)(C)C)cc(C(C)(C)C)c8)cccc7-c7c([2H])c([2H])c([2H])c([2H])c7[2H])c7ccccc76)c5)cc43)cc2C)c([2H])c1[2H]. The monoisotopic (exact) mass is 1070 g/mol. The minimum Gasteiger partial charge on any atom is -0.457 e. The predicted octanol–water partition coefficient (Wildman–Crippen LogP) is 17.2. The van der Waals surface area contributed by atoms with Crippen LogP contribution in [0.25, 0.3) is 44.5 Å². The number of hydrogen-bond acceptors (Lipinski definition) is 5. The lowest BCUT2D eigenvalue weighted by atomic mass is 9.78. The van der Waals surface area contributed by atoms with E-state index in [1.165, 1.54) is 26.7 Å². The fourth-order valence-corrected chi connectivity index (χ4v) is 18.0. The second kappa shape index (κ2) is 19.3. The Labute approximate surface area is 492 Å². The summed E-state index contributed by atoms with van der Waals surface area (Å²) in [6, 6.07) is 59.4. The van der Waals surface area contributed by atoms with Gasteiger partial charge in [-0.15, -0.1) is 0 Å². The van der Waals surface area contributed by atoms with Crippen LogP contribution in [0, 0.1) is 6.92 Å². The molecule has 0 bridgehead atoms. The van der Waals surface area contributed by atoms with Gasteiger partial charge in [-0.1, -0.05) is 229 Å². The maximum atomic E-state index is 9.35. The van der Waals surface area contributed by atoms with Gasteiger partial charge in [-0.05, 0) is 125 Å². The van der Waals surface area contributed by atoms with E-state index in [4.69, 9.17) is 20.7 Å². The fraction of sp³-hybridized carbons (Fsp3) is 0.133. The van der Waals surface area contributed by atoms with Gasteiger partial charge in [0, 0.05) is 46.4 Å². The highest BCUT2D eigenvalue weighted by atomic mass is 28.3. The molecule has 0 aliphatic carbocycles. The molecule has 0 fully saturated rings. The molecule has 3 aliphatic rings. The zero-order valence-corrected chi connectivity index (χ0v) is 47.3. The minimum atomic E-state index is -3.08. The molecule has 81 heavy (non-hydrogen) atoms. The normalized spacial score (nSPS) is 15.6. The van der Waals surface area contributed by atoms with Gasteiger partial charge in [0.15, 0.2) is 8.07 Å². The molecule has 3 aliphatic heterocycles. The number of aryl methyl sites for hydroxylation is 1. The highest BCUT2D eigenvalue weighted by molar-refractivity contribution is 7.23. The predicted molar refractivity (Wildman–Crippen MR) is 342 cm³/mol. The Morgan fingerprint density at radius 2 is 0.963 bits per heavy atom. The van der Waals surface area contributed by atoms with Crippen molar-refractivity contribution >= 4 is 68.8 Å². The Hall–Kier alpha value is -9.23. The number of pyridine rings is 1. The first-order valence-electron chi connectivity index (χ1n) is 32.5. The topological polar surface area (TPSA) is 31.8 Å². The minimum absolute atomic E-state index is 0.0927. The Morgan fingerprint density at radius 1 is 0.444 bits per heavy atom. The third-order valence-corrected chi connectivity index (χ3v) is 21.3. The van der Waals surface area contributed by atoms with E-state index in [-0.39, 0.29) is 46.1 Å². The van der Waals surface area contributed by atoms with Crippen molar-refractivity contribution in [2.75, 3.05) is 21.4 Å². The van der Waals surface area contributed by atoms with E-state index >= 15 is 0 Å². The zero-order valence-electron chi connectivity index (χ0n) is 56.3. The second-order valence-corrected chi connectivity index (χ2v) is 27.0. The number of para-hydroxylation sites is 4. The van der Waals surface area contributed by atoms with Gasteiger partial charge in [-0.2, -0.15) is 0 Å². The summed E-state index contributed by atoms with van der Waals surface area (Å²) in [6.07, 6.45) is 1.62. The lowest BCUT2D eigenvalue weighted by molar-refractivity contribution is 0.483. The highest BCUT2D eigenvalue weighted by Gasteiger charge is 2.54. The summed E-state index contributed by atoms with van der Waals surface area (Å²) in [6.45, 7) is 15.4. The van der Waals surface area contributed by atoms with Crippen LogP contribution in [0.2, 0.25) is 0 Å². The van der Waals surface area contributed by atoms with Crippen LogP contribution in [0.4, 0.5) is 39.9 Å². The molecule has 0 saturated heterocycles. The molecule has 0 radical (unpaired) electrons. The van der Waals surface area contributed by atoms with E-state index in [1.807, 2.05) is 61.5 Å². The molecule has 6 heteroatoms. The van der Waals surface area contributed by atoms with Crippen molar-refractivity contribution in [3.63, 3.8) is 0 Å². The van der Waals surface area contributed by atoms with E-state index in [9.17, 15) is 2.74 Å². The molecule has 1 spiro atoms. The van der Waals surface area contributed by atoms with Crippen molar-refractivity contribution in [3.8, 4) is 56.0 Å². The number of rotatable bonds is 8. The standard InChI is InChI=1S/C75H64N4OSi/c1-50-42-72(76-48-63(50)52-26-12-9-13-27-52)79-66-36-18-21-39-70(66)81(68-37-19-14-30-61(68)62-31-15-20-38-69(62)81)71-41-40-58(47-67(71)79)80-57-29-22-28-56(46-57)77-49-78(65-35-17-16-34-64(65)77)73-59(51-24-10-8-11-25-51)32-23-33-60(73)53-43-54(74(2,3)4)45-55(44-53)75(5,6)7/h8-48H,49H2,1-7H3/i8D,9D,10D,11D,12D,13D,24D,25D,26D,27D. The average Bonchev–Trinajstić information content (AvgIpc) is 0.982. The van der Waals surface area contributed by atoms with E-state index in [1.54, 1.807) is 6.20 Å². The van der Waals surface area contributed by atoms with Crippen molar-refractivity contribution in [1.82, 2.24) is 4.98 Å². The summed E-state index contributed by atoms with van der Waals surface area (Å²) in [5.41, 5.74) is 13.0. The molecule has 0 amide bonds. The molecule has 0 unspecified atom stereocenters. The third-order valence-electron chi connectivity index (χ3n) is 16.4. The van der Waals surface area contributed by atoms with Crippen LogP contribution in [0.15, 0.2) is 249 Å². The molecule has 0 atom stereocenters. The summed E-state index contributed by atoms with van der Waals surface area (Å²) in [5, 5.41) is 4.88. The number of benzene rings is 10. The summed E-state index contributed by atoms with van der Waals surface area (Å²) in [7, 11) is -3.08. The second-order valence-electron chi connectivity index (χ2n) is 23.3. The lowest BCUT2D eigenvalue weighted by Crippen LogP contribution is -2.75. The fourth-order valence-electron chi connectivity index (χ4n) is 12.5. The van der Waals surface area contributed by atoms with Crippen molar-refractivity contribution in [2.24, 2.45) is 0 Å². The van der Waals surface area contributed by atoms with Gasteiger partial charge < -0.3 is 14.5 Å². The Balaban J connectivity index is 0.906. The van der Waals surface area contributed by atoms with E-state index < -0.39 is 44.3 Å². The van der Waals surface area contributed by atoms with Crippen LogP contribution < -0.4 is 40.2 Å². The van der Waals surface area contributed by atoms with Gasteiger partial charge >= 0.3 is 0 Å². The highest BCUT2D eigenvalue weighted by Crippen LogP contribution is 2.52. The number of aromatic nitrogens is 1.